The summed E-state index contributed by atoms with van der Waals surface area (Å²) in [4.78, 5) is 170. The lowest BCUT2D eigenvalue weighted by Gasteiger charge is -2.32. The summed E-state index contributed by atoms with van der Waals surface area (Å²) in [5.74, 6) is -8.46. The van der Waals surface area contributed by atoms with Crippen molar-refractivity contribution in [3.05, 3.63) is 83.9 Å². The highest BCUT2D eigenvalue weighted by Gasteiger charge is 2.42. The lowest BCUT2D eigenvalue weighted by molar-refractivity contribution is -0.144. The Bertz CT molecular complexity index is 3160. The molecular formula is C63H98N20O13S2. The SMILES string of the molecule is CSCCC(NC(=O)C(CC(C)C)NC(=O)CNC(=O)C(Cc1ccc(O)cc1)NC(=O)C(Cc1ccccc1)NC(=O)C(CCSC)NC(=O)C1CCCN1C(=O)C(NC(=O)C(CCCN=C(N)N)NC(=O)C(Cc1cnc[nH]1)NC(=O)C(N)CCCN=C(N)N)C(C)O)C(N)=O. The standard InChI is InChI=1S/C63H98N20O13S2/c1-35(2)28-45(57(92)76-42(52(65)87)21-26-97-4)75-50(86)33-73-54(89)46(30-38-17-19-40(85)20-18-38)80-58(93)47(29-37-12-7-6-8-13-37)81-55(90)44(22-27-98-5)78-60(95)49-16-11-25-83(49)61(96)51(36(3)84)82-56(91)43(15-10-24-72-63(68)69)77-59(94)48(31-39-32-70-34-74-39)79-53(88)41(64)14-9-23-71-62(66)67/h6-8,12-13,17-20,32,34-36,41-49,51,84-85H,9-11,14-16,21-31,33,64H2,1-5H3,(H2,65,87)(H,70,74)(H,73,89)(H,75,86)(H,76,92)(H,77,94)(H,78,95)(H,79,88)(H,80,93)(H,81,90)(H,82,91)(H4,66,67,71)(H4,68,69,72). The van der Waals surface area contributed by atoms with Crippen LogP contribution in [0.25, 0.3) is 0 Å². The number of thioether (sulfide) groups is 2. The summed E-state index contributed by atoms with van der Waals surface area (Å²) in [6.45, 7) is 4.44. The van der Waals surface area contributed by atoms with E-state index < -0.39 is 138 Å². The molecule has 0 bridgehead atoms. The molecule has 35 heteroatoms. The van der Waals surface area contributed by atoms with Gasteiger partial charge < -0.3 is 102 Å². The van der Waals surface area contributed by atoms with Crippen molar-refractivity contribution in [2.45, 2.75) is 164 Å². The van der Waals surface area contributed by atoms with Crippen LogP contribution in [0.4, 0.5) is 0 Å². The van der Waals surface area contributed by atoms with E-state index in [1.54, 1.807) is 36.6 Å². The summed E-state index contributed by atoms with van der Waals surface area (Å²) in [5.41, 5.74) is 35.2. The van der Waals surface area contributed by atoms with E-state index >= 15 is 0 Å². The van der Waals surface area contributed by atoms with E-state index in [1.165, 1.54) is 72.1 Å². The van der Waals surface area contributed by atoms with Crippen LogP contribution in [0.15, 0.2) is 77.1 Å². The number of aliphatic imine (C=N–C) groups is 2. The quantitative estimate of drug-likeness (QED) is 0.0146. The van der Waals surface area contributed by atoms with E-state index in [0.717, 1.165) is 0 Å². The van der Waals surface area contributed by atoms with Crippen LogP contribution in [0.5, 0.6) is 5.75 Å². The minimum Gasteiger partial charge on any atom is -0.508 e. The second-order valence-electron chi connectivity index (χ2n) is 24.1. The van der Waals surface area contributed by atoms with E-state index in [2.05, 4.69) is 67.8 Å². The number of aromatic amines is 1. The van der Waals surface area contributed by atoms with Crippen molar-refractivity contribution >= 4 is 100 Å². The minimum absolute atomic E-state index is 0.0160. The van der Waals surface area contributed by atoms with Crippen molar-refractivity contribution < 1.29 is 63.0 Å². The Kier molecular flexibility index (Phi) is 35.2. The Morgan fingerprint density at radius 2 is 1.12 bits per heavy atom. The number of aliphatic hydroxyl groups excluding tert-OH is 1. The van der Waals surface area contributed by atoms with E-state index in [0.29, 0.717) is 34.7 Å². The molecular weight excluding hydrogens is 1310 g/mol. The number of likely N-dealkylation sites (tertiary alicyclic amines) is 1. The zero-order valence-corrected chi connectivity index (χ0v) is 57.6. The Morgan fingerprint density at radius 1 is 0.612 bits per heavy atom. The van der Waals surface area contributed by atoms with Crippen LogP contribution in [0.1, 0.15) is 95.4 Å². The number of aliphatic hydroxyl groups is 1. The second-order valence-corrected chi connectivity index (χ2v) is 26.0. The van der Waals surface area contributed by atoms with Gasteiger partial charge >= 0.3 is 0 Å². The summed E-state index contributed by atoms with van der Waals surface area (Å²) in [7, 11) is 0. The van der Waals surface area contributed by atoms with Gasteiger partial charge in [-0.15, -0.1) is 0 Å². The van der Waals surface area contributed by atoms with Crippen LogP contribution >= 0.6 is 23.5 Å². The highest BCUT2D eigenvalue weighted by Crippen LogP contribution is 2.21. The lowest BCUT2D eigenvalue weighted by atomic mass is 10.0. The monoisotopic (exact) mass is 1410 g/mol. The van der Waals surface area contributed by atoms with E-state index in [9.17, 15) is 63.0 Å². The highest BCUT2D eigenvalue weighted by atomic mass is 32.2. The number of carbonyl (C=O) groups is 11. The fourth-order valence-corrected chi connectivity index (χ4v) is 11.4. The molecule has 2 aromatic carbocycles. The Hall–Kier alpha value is -9.22. The molecule has 0 aliphatic carbocycles. The maximum absolute atomic E-state index is 14.7. The third kappa shape index (κ3) is 28.8. The number of rotatable bonds is 43. The molecule has 11 amide bonds. The largest absolute Gasteiger partial charge is 0.508 e. The molecule has 0 radical (unpaired) electrons. The maximum Gasteiger partial charge on any atom is 0.248 e. The first kappa shape index (κ1) is 81.2. The number of H-pyrrole nitrogens is 1. The Morgan fingerprint density at radius 3 is 1.68 bits per heavy atom. The van der Waals surface area contributed by atoms with Gasteiger partial charge in [-0.1, -0.05) is 56.3 Å². The average Bonchev–Trinajstić information content (AvgIpc) is 1.61. The number of phenolic OH excluding ortho intramolecular Hbond substituents is 1. The number of nitrogens with zero attached hydrogens (tertiary/aromatic N) is 4. The number of phenols is 1. The van der Waals surface area contributed by atoms with Crippen molar-refractivity contribution in [2.75, 3.05) is 50.2 Å². The summed E-state index contributed by atoms with van der Waals surface area (Å²) >= 11 is 2.81. The van der Waals surface area contributed by atoms with Gasteiger partial charge in [0.2, 0.25) is 65.0 Å². The molecule has 98 heavy (non-hydrogen) atoms. The molecule has 2 heterocycles. The van der Waals surface area contributed by atoms with Gasteiger partial charge in [-0.05, 0) is 118 Å². The van der Waals surface area contributed by atoms with Crippen molar-refractivity contribution in [2.24, 2.45) is 50.3 Å². The van der Waals surface area contributed by atoms with E-state index in [4.69, 9.17) is 34.4 Å². The zero-order chi connectivity index (χ0) is 72.4. The number of carbonyl (C=O) groups excluding carboxylic acids is 11. The fourth-order valence-electron chi connectivity index (χ4n) is 10.4. The molecule has 0 saturated carbocycles. The first-order valence-corrected chi connectivity index (χ1v) is 35.0. The summed E-state index contributed by atoms with van der Waals surface area (Å²) < 4.78 is 0. The van der Waals surface area contributed by atoms with Crippen LogP contribution in [0.2, 0.25) is 0 Å². The molecule has 1 aliphatic heterocycles. The number of guanidine groups is 2. The molecule has 11 unspecified atom stereocenters. The minimum atomic E-state index is -1.70. The van der Waals surface area contributed by atoms with Crippen LogP contribution < -0.4 is 82.3 Å². The zero-order valence-electron chi connectivity index (χ0n) is 56.0. The van der Waals surface area contributed by atoms with Gasteiger partial charge in [-0.2, -0.15) is 23.5 Å². The molecule has 1 aromatic heterocycles. The molecule has 1 aliphatic rings. The first-order chi connectivity index (χ1) is 46.6. The molecule has 11 atom stereocenters. The smallest absolute Gasteiger partial charge is 0.248 e. The number of amides is 11. The molecule has 3 aromatic rings. The van der Waals surface area contributed by atoms with Gasteiger partial charge in [0.25, 0.3) is 0 Å². The Labute approximate surface area is 578 Å². The molecule has 1 fully saturated rings. The molecule has 33 nitrogen and oxygen atoms in total. The predicted octanol–water partition coefficient (Wildman–Crippen LogP) is -4.02. The van der Waals surface area contributed by atoms with Gasteiger partial charge in [0, 0.05) is 50.8 Å². The number of hydrogen-bond donors (Lipinski definition) is 18. The maximum atomic E-state index is 14.7. The number of imidazole rings is 1. The molecule has 4 rings (SSSR count). The van der Waals surface area contributed by atoms with Gasteiger partial charge in [-0.25, -0.2) is 4.98 Å². The van der Waals surface area contributed by atoms with Crippen molar-refractivity contribution in [3.63, 3.8) is 0 Å². The van der Waals surface area contributed by atoms with E-state index in [-0.39, 0.29) is 114 Å². The average molecular weight is 1410 g/mol. The predicted molar refractivity (Wildman–Crippen MR) is 372 cm³/mol. The third-order valence-corrected chi connectivity index (χ3v) is 16.9. The summed E-state index contributed by atoms with van der Waals surface area (Å²) in [5, 5.41) is 45.1. The number of hydrogen-bond acceptors (Lipinski definition) is 19. The number of aromatic nitrogens is 2. The topological polar surface area (TPSA) is 549 Å². The van der Waals surface area contributed by atoms with Crippen molar-refractivity contribution in [3.8, 4) is 5.75 Å². The van der Waals surface area contributed by atoms with Gasteiger partial charge in [0.05, 0.1) is 25.0 Å². The van der Waals surface area contributed by atoms with Crippen LogP contribution in [-0.2, 0) is 72.0 Å². The highest BCUT2D eigenvalue weighted by molar-refractivity contribution is 7.98. The fraction of sp³-hybridized carbons (Fsp3) is 0.556. The molecule has 0 spiro atoms. The third-order valence-electron chi connectivity index (χ3n) is 15.6. The van der Waals surface area contributed by atoms with Crippen molar-refractivity contribution in [1.82, 2.24) is 62.7 Å². The molecule has 1 saturated heterocycles. The Balaban J connectivity index is 1.57. The number of benzene rings is 2. The summed E-state index contributed by atoms with van der Waals surface area (Å²) in [6, 6.07) is 1.38. The van der Waals surface area contributed by atoms with Gasteiger partial charge in [-0.3, -0.25) is 62.7 Å². The van der Waals surface area contributed by atoms with Gasteiger partial charge in [0.15, 0.2) is 11.9 Å². The second kappa shape index (κ2) is 42.5. The number of nitrogens with two attached hydrogens (primary N) is 6. The van der Waals surface area contributed by atoms with Gasteiger partial charge in [0.1, 0.15) is 60.1 Å². The summed E-state index contributed by atoms with van der Waals surface area (Å²) in [6.07, 6.45) is 5.72. The van der Waals surface area contributed by atoms with Crippen LogP contribution in [0, 0.1) is 5.92 Å². The normalized spacial score (nSPS) is 15.7. The number of primary amides is 1. The number of aromatic hydroxyl groups is 1. The molecule has 540 valence electrons. The van der Waals surface area contributed by atoms with Crippen LogP contribution in [-0.4, -0.2) is 219 Å². The van der Waals surface area contributed by atoms with E-state index in [1.807, 2.05) is 20.1 Å². The lowest BCUT2D eigenvalue weighted by Crippen LogP contribution is -2.62. The van der Waals surface area contributed by atoms with Crippen LogP contribution in [0.3, 0.4) is 0 Å². The first-order valence-electron chi connectivity index (χ1n) is 32.2. The molecule has 24 N–H and O–H groups in total. The van der Waals surface area contributed by atoms with Crippen molar-refractivity contribution in [1.29, 1.82) is 0 Å². The number of nitrogens with one attached hydrogen (secondary N) is 10.